The van der Waals surface area contributed by atoms with Crippen molar-refractivity contribution in [3.63, 3.8) is 0 Å². The molecule has 3 heterocycles. The second kappa shape index (κ2) is 6.39. The Morgan fingerprint density at radius 3 is 3.00 bits per heavy atom. The number of hydrogen-bond acceptors (Lipinski definition) is 5. The van der Waals surface area contributed by atoms with Crippen LogP contribution in [0.4, 0.5) is 0 Å². The molecule has 1 atom stereocenters. The lowest BCUT2D eigenvalue weighted by Crippen LogP contribution is -2.58. The minimum absolute atomic E-state index is 0.141. The van der Waals surface area contributed by atoms with E-state index in [9.17, 15) is 14.4 Å². The minimum atomic E-state index is -0.831. The third-order valence-corrected chi connectivity index (χ3v) is 4.39. The second-order valence-corrected chi connectivity index (χ2v) is 5.77. The lowest BCUT2D eigenvalue weighted by atomic mass is 10.0. The summed E-state index contributed by atoms with van der Waals surface area (Å²) in [4.78, 5) is 38.0. The maximum Gasteiger partial charge on any atom is 0.308 e. The number of methoxy groups -OCH3 is 1. The first kappa shape index (κ1) is 15.5. The molecule has 8 nitrogen and oxygen atoms in total. The molecule has 1 aromatic heterocycles. The Hall–Kier alpha value is -2.38. The standard InChI is InChI=1S/C15H20N4O4/c1-23-13(20)8-12-14(21)16-5-7-18(12)15(22)10-9-17-19-6-3-2-4-11(10)19/h9,12H,2-8H2,1H3,(H,16,21). The van der Waals surface area contributed by atoms with Crippen LogP contribution in [0.25, 0.3) is 0 Å². The molecule has 0 bridgehead atoms. The fraction of sp³-hybridized carbons (Fsp3) is 0.600. The summed E-state index contributed by atoms with van der Waals surface area (Å²) >= 11 is 0. The van der Waals surface area contributed by atoms with E-state index in [1.165, 1.54) is 12.0 Å². The third kappa shape index (κ3) is 2.93. The number of aryl methyl sites for hydroxylation is 1. The number of aromatic nitrogens is 2. The van der Waals surface area contributed by atoms with Gasteiger partial charge >= 0.3 is 5.97 Å². The summed E-state index contributed by atoms with van der Waals surface area (Å²) in [6, 6.07) is -0.831. The summed E-state index contributed by atoms with van der Waals surface area (Å²) in [5.41, 5.74) is 1.46. The van der Waals surface area contributed by atoms with E-state index in [4.69, 9.17) is 0 Å². The van der Waals surface area contributed by atoms with Crippen LogP contribution in [0, 0.1) is 0 Å². The van der Waals surface area contributed by atoms with Gasteiger partial charge in [-0.3, -0.25) is 19.1 Å². The topological polar surface area (TPSA) is 93.5 Å². The zero-order valence-electron chi connectivity index (χ0n) is 13.1. The van der Waals surface area contributed by atoms with Crippen molar-refractivity contribution in [2.45, 2.75) is 38.3 Å². The molecule has 2 amide bonds. The maximum absolute atomic E-state index is 12.9. The summed E-state index contributed by atoms with van der Waals surface area (Å²) in [6.07, 6.45) is 4.32. The number of amides is 2. The second-order valence-electron chi connectivity index (χ2n) is 5.77. The number of nitrogens with zero attached hydrogens (tertiary/aromatic N) is 3. The Balaban J connectivity index is 1.85. The molecule has 1 saturated heterocycles. The zero-order valence-corrected chi connectivity index (χ0v) is 13.1. The van der Waals surface area contributed by atoms with Crippen molar-refractivity contribution >= 4 is 17.8 Å². The molecule has 0 saturated carbocycles. The van der Waals surface area contributed by atoms with Crippen LogP contribution in [0.1, 0.15) is 35.3 Å². The first-order valence-electron chi connectivity index (χ1n) is 7.82. The predicted molar refractivity (Wildman–Crippen MR) is 79.6 cm³/mol. The highest BCUT2D eigenvalue weighted by atomic mass is 16.5. The van der Waals surface area contributed by atoms with Gasteiger partial charge in [-0.2, -0.15) is 5.10 Å². The van der Waals surface area contributed by atoms with Crippen LogP contribution in [0.15, 0.2) is 6.20 Å². The smallest absolute Gasteiger partial charge is 0.308 e. The van der Waals surface area contributed by atoms with Gasteiger partial charge in [-0.15, -0.1) is 0 Å². The van der Waals surface area contributed by atoms with Crippen molar-refractivity contribution in [2.75, 3.05) is 20.2 Å². The van der Waals surface area contributed by atoms with E-state index in [1.807, 2.05) is 4.68 Å². The molecule has 8 heteroatoms. The number of fused-ring (bicyclic) bond motifs is 1. The summed E-state index contributed by atoms with van der Waals surface area (Å²) in [5, 5.41) is 6.96. The van der Waals surface area contributed by atoms with Crippen molar-refractivity contribution in [1.29, 1.82) is 0 Å². The molecule has 0 radical (unpaired) electrons. The maximum atomic E-state index is 12.9. The highest BCUT2D eigenvalue weighted by molar-refractivity contribution is 6.00. The van der Waals surface area contributed by atoms with Crippen LogP contribution in [0.3, 0.4) is 0 Å². The van der Waals surface area contributed by atoms with Crippen molar-refractivity contribution in [2.24, 2.45) is 0 Å². The van der Waals surface area contributed by atoms with Crippen LogP contribution in [-0.2, 0) is 27.3 Å². The number of carbonyl (C=O) groups excluding carboxylic acids is 3. The van der Waals surface area contributed by atoms with Gasteiger partial charge in [0.25, 0.3) is 5.91 Å². The molecule has 1 aromatic rings. The Bertz CT molecular complexity index is 639. The molecule has 1 fully saturated rings. The van der Waals surface area contributed by atoms with Crippen LogP contribution < -0.4 is 5.32 Å². The van der Waals surface area contributed by atoms with Crippen LogP contribution >= 0.6 is 0 Å². The molecular formula is C15H20N4O4. The number of ether oxygens (including phenoxy) is 1. The lowest BCUT2D eigenvalue weighted by Gasteiger charge is -2.34. The van der Waals surface area contributed by atoms with Gasteiger partial charge in [-0.05, 0) is 19.3 Å². The number of piperazine rings is 1. The summed E-state index contributed by atoms with van der Waals surface area (Å²) in [5.74, 6) is -1.07. The number of nitrogens with one attached hydrogen (secondary N) is 1. The van der Waals surface area contributed by atoms with Gasteiger partial charge in [-0.1, -0.05) is 0 Å². The van der Waals surface area contributed by atoms with E-state index in [1.54, 1.807) is 6.20 Å². The molecule has 0 spiro atoms. The van der Waals surface area contributed by atoms with Gasteiger partial charge in [0.1, 0.15) is 6.04 Å². The lowest BCUT2D eigenvalue weighted by molar-refractivity contribution is -0.145. The van der Waals surface area contributed by atoms with Crippen LogP contribution in [0.2, 0.25) is 0 Å². The first-order chi connectivity index (χ1) is 11.1. The number of esters is 1. The first-order valence-corrected chi connectivity index (χ1v) is 7.82. The molecule has 3 rings (SSSR count). The predicted octanol–water partition coefficient (Wildman–Crippen LogP) is -0.277. The highest BCUT2D eigenvalue weighted by Crippen LogP contribution is 2.21. The summed E-state index contributed by atoms with van der Waals surface area (Å²) in [7, 11) is 1.27. The van der Waals surface area contributed by atoms with Gasteiger partial charge in [0.2, 0.25) is 5.91 Å². The number of rotatable bonds is 3. The zero-order chi connectivity index (χ0) is 16.4. The normalized spacial score (nSPS) is 20.7. The highest BCUT2D eigenvalue weighted by Gasteiger charge is 2.36. The average molecular weight is 320 g/mol. The molecule has 0 aliphatic carbocycles. The number of carbonyl (C=O) groups is 3. The fourth-order valence-electron chi connectivity index (χ4n) is 3.16. The van der Waals surface area contributed by atoms with Crippen molar-refractivity contribution in [1.82, 2.24) is 20.0 Å². The fourth-order valence-corrected chi connectivity index (χ4v) is 3.16. The van der Waals surface area contributed by atoms with Gasteiger partial charge < -0.3 is 15.0 Å². The van der Waals surface area contributed by atoms with E-state index in [0.717, 1.165) is 31.5 Å². The molecule has 0 aromatic carbocycles. The minimum Gasteiger partial charge on any atom is -0.469 e. The largest absolute Gasteiger partial charge is 0.469 e. The SMILES string of the molecule is COC(=O)CC1C(=O)NCCN1C(=O)c1cnn2c1CCCC2. The molecular weight excluding hydrogens is 300 g/mol. The molecule has 124 valence electrons. The molecule has 23 heavy (non-hydrogen) atoms. The molecule has 2 aliphatic heterocycles. The average Bonchev–Trinajstić information content (AvgIpc) is 3.00. The van der Waals surface area contributed by atoms with Gasteiger partial charge in [0.05, 0.1) is 31.0 Å². The van der Waals surface area contributed by atoms with E-state index in [0.29, 0.717) is 18.7 Å². The Kier molecular flexibility index (Phi) is 4.31. The monoisotopic (exact) mass is 320 g/mol. The summed E-state index contributed by atoms with van der Waals surface area (Å²) in [6.45, 7) is 1.57. The van der Waals surface area contributed by atoms with Crippen molar-refractivity contribution < 1.29 is 19.1 Å². The third-order valence-electron chi connectivity index (χ3n) is 4.39. The van der Waals surface area contributed by atoms with Crippen molar-refractivity contribution in [3.05, 3.63) is 17.5 Å². The van der Waals surface area contributed by atoms with E-state index >= 15 is 0 Å². The van der Waals surface area contributed by atoms with E-state index in [2.05, 4.69) is 15.2 Å². The van der Waals surface area contributed by atoms with E-state index < -0.39 is 12.0 Å². The quantitative estimate of drug-likeness (QED) is 0.773. The Labute approximate surface area is 133 Å². The van der Waals surface area contributed by atoms with Gasteiger partial charge in [0.15, 0.2) is 0 Å². The van der Waals surface area contributed by atoms with Gasteiger partial charge in [0, 0.05) is 19.6 Å². The Morgan fingerprint density at radius 2 is 2.22 bits per heavy atom. The van der Waals surface area contributed by atoms with Crippen LogP contribution in [0.5, 0.6) is 0 Å². The summed E-state index contributed by atoms with van der Waals surface area (Å²) < 4.78 is 6.49. The van der Waals surface area contributed by atoms with Crippen molar-refractivity contribution in [3.8, 4) is 0 Å². The molecule has 1 N–H and O–H groups in total. The van der Waals surface area contributed by atoms with Crippen LogP contribution in [-0.4, -0.2) is 58.7 Å². The van der Waals surface area contributed by atoms with E-state index in [-0.39, 0.29) is 18.2 Å². The molecule has 2 aliphatic rings. The van der Waals surface area contributed by atoms with Gasteiger partial charge in [-0.25, -0.2) is 0 Å². The Morgan fingerprint density at radius 1 is 1.39 bits per heavy atom. The number of hydrogen-bond donors (Lipinski definition) is 1. The molecule has 1 unspecified atom stereocenters.